The van der Waals surface area contributed by atoms with Gasteiger partial charge in [0.1, 0.15) is 0 Å². The van der Waals surface area contributed by atoms with Crippen LogP contribution in [0.15, 0.2) is 24.5 Å². The molecular weight excluding hydrogens is 146 g/mol. The fourth-order valence-electron chi connectivity index (χ4n) is 0.663. The molecule has 0 atom stereocenters. The molecule has 0 unspecified atom stereocenters. The van der Waals surface area contributed by atoms with E-state index in [1.54, 1.807) is 12.1 Å². The smallest absolute Gasteiger partial charge is 0.397 e. The molecular formula is C7H7NO3. The van der Waals surface area contributed by atoms with Crippen molar-refractivity contribution >= 4 is 11.9 Å². The number of esters is 1. The zero-order valence-corrected chi connectivity index (χ0v) is 5.98. The SMILES string of the molecule is COC(=O)C(=O)n1cccc1. The van der Waals surface area contributed by atoms with E-state index in [2.05, 4.69) is 4.74 Å². The zero-order chi connectivity index (χ0) is 8.27. The molecule has 0 fully saturated rings. The second kappa shape index (κ2) is 3.01. The Bertz CT molecular complexity index is 263. The molecule has 58 valence electrons. The highest BCUT2D eigenvalue weighted by Crippen LogP contribution is 1.90. The molecule has 11 heavy (non-hydrogen) atoms. The second-order valence-electron chi connectivity index (χ2n) is 1.89. The van der Waals surface area contributed by atoms with Crippen molar-refractivity contribution in [1.29, 1.82) is 0 Å². The summed E-state index contributed by atoms with van der Waals surface area (Å²) in [7, 11) is 1.17. The van der Waals surface area contributed by atoms with Gasteiger partial charge in [0.25, 0.3) is 0 Å². The zero-order valence-electron chi connectivity index (χ0n) is 5.98. The highest BCUT2D eigenvalue weighted by Gasteiger charge is 2.14. The van der Waals surface area contributed by atoms with E-state index in [1.165, 1.54) is 19.5 Å². The molecule has 1 rings (SSSR count). The quantitative estimate of drug-likeness (QED) is 0.398. The molecule has 4 nitrogen and oxygen atoms in total. The van der Waals surface area contributed by atoms with Crippen molar-refractivity contribution in [3.8, 4) is 0 Å². The van der Waals surface area contributed by atoms with Gasteiger partial charge in [-0.3, -0.25) is 9.36 Å². The Morgan fingerprint density at radius 2 is 1.82 bits per heavy atom. The maximum absolute atomic E-state index is 10.9. The van der Waals surface area contributed by atoms with Crippen LogP contribution in [0.4, 0.5) is 0 Å². The predicted molar refractivity (Wildman–Crippen MR) is 37.1 cm³/mol. The molecule has 0 aromatic carbocycles. The lowest BCUT2D eigenvalue weighted by Crippen LogP contribution is -2.21. The molecule has 0 amide bonds. The Morgan fingerprint density at radius 3 is 2.27 bits per heavy atom. The molecule has 0 spiro atoms. The summed E-state index contributed by atoms with van der Waals surface area (Å²) >= 11 is 0. The number of carbonyl (C=O) groups is 2. The van der Waals surface area contributed by atoms with Gasteiger partial charge in [-0.1, -0.05) is 0 Å². The third-order valence-corrected chi connectivity index (χ3v) is 1.20. The molecule has 0 saturated heterocycles. The monoisotopic (exact) mass is 153 g/mol. The molecule has 4 heteroatoms. The summed E-state index contributed by atoms with van der Waals surface area (Å²) in [6.45, 7) is 0. The van der Waals surface area contributed by atoms with Gasteiger partial charge < -0.3 is 4.74 Å². The van der Waals surface area contributed by atoms with Gasteiger partial charge in [0.05, 0.1) is 7.11 Å². The number of nitrogens with zero attached hydrogens (tertiary/aromatic N) is 1. The Hall–Kier alpha value is -1.58. The van der Waals surface area contributed by atoms with Crippen LogP contribution >= 0.6 is 0 Å². The van der Waals surface area contributed by atoms with Crippen LogP contribution in [-0.4, -0.2) is 23.6 Å². The van der Waals surface area contributed by atoms with Gasteiger partial charge in [0.15, 0.2) is 0 Å². The molecule has 1 aromatic heterocycles. The fourth-order valence-corrected chi connectivity index (χ4v) is 0.663. The van der Waals surface area contributed by atoms with E-state index < -0.39 is 11.9 Å². The summed E-state index contributed by atoms with van der Waals surface area (Å²) in [5.41, 5.74) is 0. The minimum Gasteiger partial charge on any atom is -0.462 e. The van der Waals surface area contributed by atoms with Crippen LogP contribution in [0.2, 0.25) is 0 Å². The van der Waals surface area contributed by atoms with Crippen LogP contribution in [0.3, 0.4) is 0 Å². The van der Waals surface area contributed by atoms with Gasteiger partial charge in [-0.25, -0.2) is 4.79 Å². The summed E-state index contributed by atoms with van der Waals surface area (Å²) in [5.74, 6) is -1.54. The number of carbonyl (C=O) groups excluding carboxylic acids is 2. The number of hydrogen-bond donors (Lipinski definition) is 0. The minimum absolute atomic E-state index is 0.683. The highest BCUT2D eigenvalue weighted by molar-refractivity contribution is 6.33. The van der Waals surface area contributed by atoms with E-state index >= 15 is 0 Å². The number of ether oxygens (including phenoxy) is 1. The van der Waals surface area contributed by atoms with E-state index in [4.69, 9.17) is 0 Å². The lowest BCUT2D eigenvalue weighted by atomic mass is 10.6. The van der Waals surface area contributed by atoms with Crippen LogP contribution in [0, 0.1) is 0 Å². The molecule has 1 heterocycles. The molecule has 0 bridgehead atoms. The fraction of sp³-hybridized carbons (Fsp3) is 0.143. The van der Waals surface area contributed by atoms with Gasteiger partial charge >= 0.3 is 11.9 Å². The van der Waals surface area contributed by atoms with E-state index in [-0.39, 0.29) is 0 Å². The largest absolute Gasteiger partial charge is 0.462 e. The first-order valence-corrected chi connectivity index (χ1v) is 3.01. The highest BCUT2D eigenvalue weighted by atomic mass is 16.5. The summed E-state index contributed by atoms with van der Waals surface area (Å²) in [5, 5.41) is 0. The molecule has 0 saturated carbocycles. The third kappa shape index (κ3) is 1.46. The number of aromatic nitrogens is 1. The van der Waals surface area contributed by atoms with Gasteiger partial charge in [-0.05, 0) is 12.1 Å². The van der Waals surface area contributed by atoms with Crippen LogP contribution in [0.5, 0.6) is 0 Å². The van der Waals surface area contributed by atoms with Crippen LogP contribution in [0.25, 0.3) is 0 Å². The van der Waals surface area contributed by atoms with Gasteiger partial charge in [-0.2, -0.15) is 0 Å². The standard InChI is InChI=1S/C7H7NO3/c1-11-7(10)6(9)8-4-2-3-5-8/h2-5H,1H3. The van der Waals surface area contributed by atoms with E-state index in [1.807, 2.05) is 0 Å². The maximum Gasteiger partial charge on any atom is 0.397 e. The summed E-state index contributed by atoms with van der Waals surface area (Å²) < 4.78 is 5.39. The molecule has 1 aromatic rings. The Balaban J connectivity index is 2.79. The predicted octanol–water partition coefficient (Wildman–Crippen LogP) is 0.301. The second-order valence-corrected chi connectivity index (χ2v) is 1.89. The molecule has 0 N–H and O–H groups in total. The normalized spacial score (nSPS) is 9.18. The van der Waals surface area contributed by atoms with Crippen molar-refractivity contribution in [1.82, 2.24) is 4.57 Å². The summed E-state index contributed by atoms with van der Waals surface area (Å²) in [6, 6.07) is 3.31. The summed E-state index contributed by atoms with van der Waals surface area (Å²) in [4.78, 5) is 21.5. The van der Waals surface area contributed by atoms with Crippen molar-refractivity contribution in [2.45, 2.75) is 0 Å². The molecule has 0 aliphatic heterocycles. The van der Waals surface area contributed by atoms with Gasteiger partial charge in [-0.15, -0.1) is 0 Å². The number of rotatable bonds is 0. The minimum atomic E-state index is -0.860. The van der Waals surface area contributed by atoms with Crippen molar-refractivity contribution in [2.24, 2.45) is 0 Å². The first kappa shape index (κ1) is 7.53. The van der Waals surface area contributed by atoms with Gasteiger partial charge in [0.2, 0.25) is 0 Å². The average molecular weight is 153 g/mol. The Labute approximate surface area is 63.4 Å². The van der Waals surface area contributed by atoms with Gasteiger partial charge in [0, 0.05) is 12.4 Å². The van der Waals surface area contributed by atoms with Crippen molar-refractivity contribution in [3.05, 3.63) is 24.5 Å². The van der Waals surface area contributed by atoms with Crippen LogP contribution in [-0.2, 0) is 9.53 Å². The number of methoxy groups -OCH3 is 1. The van der Waals surface area contributed by atoms with E-state index in [0.29, 0.717) is 0 Å². The average Bonchev–Trinajstić information content (AvgIpc) is 2.53. The van der Waals surface area contributed by atoms with Crippen molar-refractivity contribution in [2.75, 3.05) is 7.11 Å². The van der Waals surface area contributed by atoms with E-state index in [9.17, 15) is 9.59 Å². The lowest BCUT2D eigenvalue weighted by Gasteiger charge is -1.97. The molecule has 0 aliphatic rings. The van der Waals surface area contributed by atoms with Crippen LogP contribution < -0.4 is 0 Å². The lowest BCUT2D eigenvalue weighted by molar-refractivity contribution is -0.135. The van der Waals surface area contributed by atoms with E-state index in [0.717, 1.165) is 4.57 Å². The first-order valence-electron chi connectivity index (χ1n) is 3.01. The third-order valence-electron chi connectivity index (χ3n) is 1.20. The maximum atomic E-state index is 10.9. The first-order chi connectivity index (χ1) is 5.25. The van der Waals surface area contributed by atoms with Crippen LogP contribution in [0.1, 0.15) is 4.79 Å². The van der Waals surface area contributed by atoms with Crippen molar-refractivity contribution < 1.29 is 14.3 Å². The molecule has 0 aliphatic carbocycles. The Morgan fingerprint density at radius 1 is 1.27 bits per heavy atom. The summed E-state index contributed by atoms with van der Waals surface area (Å²) in [6.07, 6.45) is 2.97. The topological polar surface area (TPSA) is 48.3 Å². The molecule has 0 radical (unpaired) electrons. The van der Waals surface area contributed by atoms with Crippen molar-refractivity contribution in [3.63, 3.8) is 0 Å². The Kier molecular flexibility index (Phi) is 2.06. The number of hydrogen-bond acceptors (Lipinski definition) is 3.